The molecule has 0 spiro atoms. The fourth-order valence-corrected chi connectivity index (χ4v) is 1.20. The van der Waals surface area contributed by atoms with E-state index in [1.807, 2.05) is 0 Å². The third-order valence-corrected chi connectivity index (χ3v) is 1.85. The van der Waals surface area contributed by atoms with Gasteiger partial charge in [-0.2, -0.15) is 13.2 Å². The lowest BCUT2D eigenvalue weighted by atomic mass is 10.3. The summed E-state index contributed by atoms with van der Waals surface area (Å²) in [7, 11) is 0. The van der Waals surface area contributed by atoms with Crippen molar-refractivity contribution in [3.05, 3.63) is 42.6 Å². The zero-order valence-corrected chi connectivity index (χ0v) is 7.44. The number of aromatic nitrogens is 3. The van der Waals surface area contributed by atoms with Gasteiger partial charge in [0.1, 0.15) is 11.9 Å². The Morgan fingerprint density at radius 1 is 1.13 bits per heavy atom. The zero-order chi connectivity index (χ0) is 10.9. The summed E-state index contributed by atoms with van der Waals surface area (Å²) >= 11 is 0. The second-order valence-electron chi connectivity index (χ2n) is 2.85. The van der Waals surface area contributed by atoms with Crippen LogP contribution in [0.4, 0.5) is 13.2 Å². The lowest BCUT2D eigenvalue weighted by Gasteiger charge is -2.10. The molecule has 0 bridgehead atoms. The maximum Gasteiger partial charge on any atom is 0.421 e. The summed E-state index contributed by atoms with van der Waals surface area (Å²) in [4.78, 5) is 7.00. The third kappa shape index (κ3) is 1.83. The molecule has 0 radical (unpaired) electrons. The molecule has 6 heteroatoms. The predicted octanol–water partition coefficient (Wildman–Crippen LogP) is 2.29. The first kappa shape index (κ1) is 9.70. The highest BCUT2D eigenvalue weighted by molar-refractivity contribution is 5.34. The van der Waals surface area contributed by atoms with Crippen LogP contribution in [0.25, 0.3) is 5.82 Å². The highest BCUT2D eigenvalue weighted by Crippen LogP contribution is 2.31. The molecule has 0 atom stereocenters. The maximum absolute atomic E-state index is 12.5. The molecule has 0 amide bonds. The Morgan fingerprint density at radius 2 is 1.80 bits per heavy atom. The molecule has 0 aliphatic carbocycles. The highest BCUT2D eigenvalue weighted by atomic mass is 19.4. The van der Waals surface area contributed by atoms with Crippen molar-refractivity contribution in [1.29, 1.82) is 0 Å². The predicted molar refractivity (Wildman–Crippen MR) is 46.4 cm³/mol. The number of nitrogens with zero attached hydrogens (tertiary/aromatic N) is 3. The topological polar surface area (TPSA) is 30.7 Å². The van der Waals surface area contributed by atoms with Gasteiger partial charge in [0.05, 0.1) is 0 Å². The zero-order valence-electron chi connectivity index (χ0n) is 7.44. The van der Waals surface area contributed by atoms with E-state index in [-0.39, 0.29) is 5.82 Å². The van der Waals surface area contributed by atoms with Gasteiger partial charge in [0.2, 0.25) is 0 Å². The lowest BCUT2D eigenvalue weighted by Crippen LogP contribution is -2.12. The van der Waals surface area contributed by atoms with Crippen LogP contribution in [0.5, 0.6) is 0 Å². The van der Waals surface area contributed by atoms with E-state index in [1.165, 1.54) is 17.0 Å². The van der Waals surface area contributed by atoms with Gasteiger partial charge in [-0.3, -0.25) is 0 Å². The van der Waals surface area contributed by atoms with E-state index < -0.39 is 11.7 Å². The van der Waals surface area contributed by atoms with Crippen molar-refractivity contribution in [3.63, 3.8) is 0 Å². The van der Waals surface area contributed by atoms with Crippen molar-refractivity contribution in [2.24, 2.45) is 0 Å². The molecule has 2 aromatic heterocycles. The SMILES string of the molecule is FC(F)(F)c1cncnc1-n1cccc1. The van der Waals surface area contributed by atoms with Crippen LogP contribution in [-0.4, -0.2) is 14.5 Å². The number of hydrogen-bond acceptors (Lipinski definition) is 2. The van der Waals surface area contributed by atoms with E-state index in [9.17, 15) is 13.2 Å². The first-order valence-electron chi connectivity index (χ1n) is 4.09. The molecule has 0 saturated carbocycles. The Balaban J connectivity index is 2.58. The van der Waals surface area contributed by atoms with Gasteiger partial charge in [0, 0.05) is 18.6 Å². The monoisotopic (exact) mass is 213 g/mol. The van der Waals surface area contributed by atoms with Crippen molar-refractivity contribution in [2.75, 3.05) is 0 Å². The molecule has 0 unspecified atom stereocenters. The average Bonchev–Trinajstić information content (AvgIpc) is 2.69. The minimum absolute atomic E-state index is 0.164. The Morgan fingerprint density at radius 3 is 2.40 bits per heavy atom. The number of hydrogen-bond donors (Lipinski definition) is 0. The number of halogens is 3. The summed E-state index contributed by atoms with van der Waals surface area (Å²) in [5.41, 5.74) is -0.846. The Labute approximate surface area is 83.2 Å². The van der Waals surface area contributed by atoms with Crippen LogP contribution in [0.3, 0.4) is 0 Å². The summed E-state index contributed by atoms with van der Waals surface area (Å²) in [6.45, 7) is 0. The van der Waals surface area contributed by atoms with E-state index in [1.54, 1.807) is 12.1 Å². The van der Waals surface area contributed by atoms with E-state index in [4.69, 9.17) is 0 Å². The highest BCUT2D eigenvalue weighted by Gasteiger charge is 2.35. The summed E-state index contributed by atoms with van der Waals surface area (Å²) < 4.78 is 38.9. The smallest absolute Gasteiger partial charge is 0.308 e. The van der Waals surface area contributed by atoms with Crippen LogP contribution in [-0.2, 0) is 6.18 Å². The fraction of sp³-hybridized carbons (Fsp3) is 0.111. The fourth-order valence-electron chi connectivity index (χ4n) is 1.20. The van der Waals surface area contributed by atoms with Crippen molar-refractivity contribution in [1.82, 2.24) is 14.5 Å². The molecule has 3 nitrogen and oxygen atoms in total. The van der Waals surface area contributed by atoms with E-state index >= 15 is 0 Å². The van der Waals surface area contributed by atoms with Crippen molar-refractivity contribution in [3.8, 4) is 5.82 Å². The molecule has 2 heterocycles. The van der Waals surface area contributed by atoms with Crippen LogP contribution in [0.1, 0.15) is 5.56 Å². The normalized spacial score (nSPS) is 11.7. The molecule has 2 rings (SSSR count). The molecule has 15 heavy (non-hydrogen) atoms. The molecule has 0 aromatic carbocycles. The van der Waals surface area contributed by atoms with Crippen LogP contribution in [0.2, 0.25) is 0 Å². The molecule has 0 N–H and O–H groups in total. The summed E-state index contributed by atoms with van der Waals surface area (Å²) in [6, 6.07) is 3.25. The van der Waals surface area contributed by atoms with Gasteiger partial charge in [-0.25, -0.2) is 9.97 Å². The van der Waals surface area contributed by atoms with Crippen molar-refractivity contribution >= 4 is 0 Å². The first-order chi connectivity index (χ1) is 7.09. The van der Waals surface area contributed by atoms with Crippen LogP contribution >= 0.6 is 0 Å². The van der Waals surface area contributed by atoms with Crippen LogP contribution < -0.4 is 0 Å². The van der Waals surface area contributed by atoms with Gasteiger partial charge in [-0.15, -0.1) is 0 Å². The lowest BCUT2D eigenvalue weighted by molar-refractivity contribution is -0.138. The largest absolute Gasteiger partial charge is 0.421 e. The molecule has 2 aromatic rings. The van der Waals surface area contributed by atoms with Crippen LogP contribution in [0.15, 0.2) is 37.1 Å². The molecule has 0 fully saturated rings. The molecular formula is C9H6F3N3. The maximum atomic E-state index is 12.5. The summed E-state index contributed by atoms with van der Waals surface area (Å²) in [5, 5.41) is 0. The van der Waals surface area contributed by atoms with E-state index in [0.29, 0.717) is 0 Å². The van der Waals surface area contributed by atoms with Gasteiger partial charge in [0.15, 0.2) is 5.82 Å². The van der Waals surface area contributed by atoms with Gasteiger partial charge in [-0.05, 0) is 12.1 Å². The minimum Gasteiger partial charge on any atom is -0.308 e. The Kier molecular flexibility index (Phi) is 2.18. The minimum atomic E-state index is -4.44. The quantitative estimate of drug-likeness (QED) is 0.727. The second kappa shape index (κ2) is 3.38. The molecule has 0 aliphatic rings. The van der Waals surface area contributed by atoms with Gasteiger partial charge >= 0.3 is 6.18 Å². The second-order valence-corrected chi connectivity index (χ2v) is 2.85. The number of alkyl halides is 3. The Hall–Kier alpha value is -1.85. The molecule has 0 saturated heterocycles. The summed E-state index contributed by atoms with van der Waals surface area (Å²) in [5.74, 6) is -0.164. The number of rotatable bonds is 1. The molecule has 78 valence electrons. The summed E-state index contributed by atoms with van der Waals surface area (Å²) in [6.07, 6.45) is 0.406. The third-order valence-electron chi connectivity index (χ3n) is 1.85. The van der Waals surface area contributed by atoms with Crippen LogP contribution in [0, 0.1) is 0 Å². The van der Waals surface area contributed by atoms with Gasteiger partial charge in [-0.1, -0.05) is 0 Å². The van der Waals surface area contributed by atoms with Crippen molar-refractivity contribution in [2.45, 2.75) is 6.18 Å². The Bertz CT molecular complexity index is 448. The van der Waals surface area contributed by atoms with Gasteiger partial charge in [0.25, 0.3) is 0 Å². The standard InChI is InChI=1S/C9H6F3N3/c10-9(11,12)7-5-13-6-14-8(7)15-3-1-2-4-15/h1-6H. The van der Waals surface area contributed by atoms with E-state index in [0.717, 1.165) is 12.5 Å². The first-order valence-corrected chi connectivity index (χ1v) is 4.09. The molecule has 0 aliphatic heterocycles. The average molecular weight is 213 g/mol. The van der Waals surface area contributed by atoms with Gasteiger partial charge < -0.3 is 4.57 Å². The van der Waals surface area contributed by atoms with Crippen molar-refractivity contribution < 1.29 is 13.2 Å². The van der Waals surface area contributed by atoms with E-state index in [2.05, 4.69) is 9.97 Å². The molecular weight excluding hydrogens is 207 g/mol.